The standard InChI is InChI=1S/C10H18N2O2/c1-7(14-3)4-12-10(13)8(2)9-5-11-6-9/h7,11H,4-6H2,1-3H3,(H,12,13). The molecule has 1 fully saturated rings. The van der Waals surface area contributed by atoms with Gasteiger partial charge in [0.15, 0.2) is 0 Å². The van der Waals surface area contributed by atoms with E-state index < -0.39 is 0 Å². The first-order valence-electron chi connectivity index (χ1n) is 4.85. The fraction of sp³-hybridized carbons (Fsp3) is 0.700. The van der Waals surface area contributed by atoms with Crippen molar-refractivity contribution in [2.75, 3.05) is 26.7 Å². The summed E-state index contributed by atoms with van der Waals surface area (Å²) in [6.45, 7) is 6.04. The molecule has 80 valence electrons. The lowest BCUT2D eigenvalue weighted by Crippen LogP contribution is -2.39. The van der Waals surface area contributed by atoms with Gasteiger partial charge < -0.3 is 15.4 Å². The molecule has 0 aromatic heterocycles. The van der Waals surface area contributed by atoms with Crippen LogP contribution in [0.2, 0.25) is 0 Å². The van der Waals surface area contributed by atoms with Crippen molar-refractivity contribution >= 4 is 5.91 Å². The number of methoxy groups -OCH3 is 1. The molecule has 4 nitrogen and oxygen atoms in total. The van der Waals surface area contributed by atoms with E-state index in [1.807, 2.05) is 13.8 Å². The van der Waals surface area contributed by atoms with Gasteiger partial charge in [-0.25, -0.2) is 0 Å². The molecule has 0 aliphatic carbocycles. The van der Waals surface area contributed by atoms with E-state index in [0.29, 0.717) is 6.54 Å². The van der Waals surface area contributed by atoms with Crippen LogP contribution < -0.4 is 10.6 Å². The highest BCUT2D eigenvalue weighted by Crippen LogP contribution is 2.08. The van der Waals surface area contributed by atoms with E-state index in [9.17, 15) is 4.79 Å². The maximum Gasteiger partial charge on any atom is 0.247 e. The molecule has 1 rings (SSSR count). The monoisotopic (exact) mass is 198 g/mol. The van der Waals surface area contributed by atoms with Gasteiger partial charge in [0, 0.05) is 32.3 Å². The first-order valence-corrected chi connectivity index (χ1v) is 4.85. The lowest BCUT2D eigenvalue weighted by molar-refractivity contribution is -0.118. The zero-order valence-electron chi connectivity index (χ0n) is 9.02. The number of nitrogens with one attached hydrogen (secondary N) is 2. The van der Waals surface area contributed by atoms with Crippen LogP contribution in [-0.2, 0) is 9.53 Å². The van der Waals surface area contributed by atoms with E-state index in [-0.39, 0.29) is 12.0 Å². The summed E-state index contributed by atoms with van der Waals surface area (Å²) in [6.07, 6.45) is 0.0660. The van der Waals surface area contributed by atoms with E-state index in [1.165, 1.54) is 5.57 Å². The number of hydrogen-bond donors (Lipinski definition) is 2. The van der Waals surface area contributed by atoms with Crippen LogP contribution in [0.15, 0.2) is 11.1 Å². The topological polar surface area (TPSA) is 50.4 Å². The summed E-state index contributed by atoms with van der Waals surface area (Å²) in [5.74, 6) is 0.0189. The van der Waals surface area contributed by atoms with Crippen molar-refractivity contribution in [3.63, 3.8) is 0 Å². The normalized spacial score (nSPS) is 17.2. The highest BCUT2D eigenvalue weighted by atomic mass is 16.5. The highest BCUT2D eigenvalue weighted by molar-refractivity contribution is 5.93. The molecule has 0 spiro atoms. The van der Waals surface area contributed by atoms with Gasteiger partial charge in [-0.1, -0.05) is 0 Å². The second-order valence-corrected chi connectivity index (χ2v) is 3.59. The Kier molecular flexibility index (Phi) is 4.10. The molecule has 0 saturated carbocycles. The summed E-state index contributed by atoms with van der Waals surface area (Å²) in [4.78, 5) is 11.5. The van der Waals surface area contributed by atoms with Crippen LogP contribution in [0.3, 0.4) is 0 Å². The minimum atomic E-state index is 0.0189. The minimum absolute atomic E-state index is 0.0189. The molecule has 4 heteroatoms. The van der Waals surface area contributed by atoms with Gasteiger partial charge in [0.05, 0.1) is 6.10 Å². The lowest BCUT2D eigenvalue weighted by Gasteiger charge is -2.21. The van der Waals surface area contributed by atoms with Gasteiger partial charge in [0.25, 0.3) is 0 Å². The molecular weight excluding hydrogens is 180 g/mol. The van der Waals surface area contributed by atoms with Gasteiger partial charge in [0.2, 0.25) is 5.91 Å². The summed E-state index contributed by atoms with van der Waals surface area (Å²) in [5.41, 5.74) is 2.04. The Morgan fingerprint density at radius 1 is 1.64 bits per heavy atom. The van der Waals surface area contributed by atoms with E-state index in [1.54, 1.807) is 7.11 Å². The van der Waals surface area contributed by atoms with Crippen molar-refractivity contribution in [1.29, 1.82) is 0 Å². The van der Waals surface area contributed by atoms with Crippen LogP contribution in [-0.4, -0.2) is 38.8 Å². The zero-order valence-corrected chi connectivity index (χ0v) is 9.02. The van der Waals surface area contributed by atoms with Gasteiger partial charge in [-0.2, -0.15) is 0 Å². The van der Waals surface area contributed by atoms with Crippen molar-refractivity contribution in [3.05, 3.63) is 11.1 Å². The Morgan fingerprint density at radius 3 is 2.71 bits per heavy atom. The van der Waals surface area contributed by atoms with E-state index in [4.69, 9.17) is 4.74 Å². The van der Waals surface area contributed by atoms with Crippen LogP contribution in [0.5, 0.6) is 0 Å². The number of carbonyl (C=O) groups excluding carboxylic acids is 1. The SMILES string of the molecule is COC(C)CNC(=O)C(C)=C1CNC1. The fourth-order valence-corrected chi connectivity index (χ4v) is 1.13. The van der Waals surface area contributed by atoms with Crippen molar-refractivity contribution < 1.29 is 9.53 Å². The van der Waals surface area contributed by atoms with Crippen LogP contribution in [0.4, 0.5) is 0 Å². The fourth-order valence-electron chi connectivity index (χ4n) is 1.13. The van der Waals surface area contributed by atoms with Crippen molar-refractivity contribution in [3.8, 4) is 0 Å². The molecule has 2 N–H and O–H groups in total. The van der Waals surface area contributed by atoms with Crippen molar-refractivity contribution in [2.45, 2.75) is 20.0 Å². The zero-order chi connectivity index (χ0) is 10.6. The van der Waals surface area contributed by atoms with Gasteiger partial charge in [-0.05, 0) is 19.4 Å². The summed E-state index contributed by atoms with van der Waals surface area (Å²) in [7, 11) is 1.64. The smallest absolute Gasteiger partial charge is 0.247 e. The number of carbonyl (C=O) groups is 1. The third-order valence-electron chi connectivity index (χ3n) is 2.50. The number of rotatable bonds is 4. The van der Waals surface area contributed by atoms with E-state index >= 15 is 0 Å². The van der Waals surface area contributed by atoms with Gasteiger partial charge in [-0.3, -0.25) is 4.79 Å². The summed E-state index contributed by atoms with van der Waals surface area (Å²) in [6, 6.07) is 0. The predicted octanol–water partition coefficient (Wildman–Crippen LogP) is 0.0572. The largest absolute Gasteiger partial charge is 0.380 e. The first-order chi connectivity index (χ1) is 6.65. The Labute approximate surface area is 84.7 Å². The average molecular weight is 198 g/mol. The van der Waals surface area contributed by atoms with Gasteiger partial charge in [-0.15, -0.1) is 0 Å². The van der Waals surface area contributed by atoms with Gasteiger partial charge >= 0.3 is 0 Å². The van der Waals surface area contributed by atoms with E-state index in [2.05, 4.69) is 10.6 Å². The first kappa shape index (κ1) is 11.2. The van der Waals surface area contributed by atoms with Crippen molar-refractivity contribution in [2.24, 2.45) is 0 Å². The molecule has 1 atom stereocenters. The van der Waals surface area contributed by atoms with Crippen LogP contribution in [0.25, 0.3) is 0 Å². The van der Waals surface area contributed by atoms with Crippen LogP contribution >= 0.6 is 0 Å². The predicted molar refractivity (Wildman–Crippen MR) is 55.1 cm³/mol. The lowest BCUT2D eigenvalue weighted by atomic mass is 10.0. The molecule has 0 bridgehead atoms. The summed E-state index contributed by atoms with van der Waals surface area (Å²) >= 11 is 0. The molecule has 1 unspecified atom stereocenters. The maximum absolute atomic E-state index is 11.5. The third kappa shape index (κ3) is 2.82. The quantitative estimate of drug-likeness (QED) is 0.628. The van der Waals surface area contributed by atoms with Gasteiger partial charge in [0.1, 0.15) is 0 Å². The molecule has 0 radical (unpaired) electrons. The molecule has 0 aromatic rings. The maximum atomic E-state index is 11.5. The minimum Gasteiger partial charge on any atom is -0.380 e. The Balaban J connectivity index is 2.34. The Hall–Kier alpha value is -0.870. The third-order valence-corrected chi connectivity index (χ3v) is 2.50. The molecular formula is C10H18N2O2. The molecule has 0 aromatic carbocycles. The molecule has 1 aliphatic heterocycles. The van der Waals surface area contributed by atoms with E-state index in [0.717, 1.165) is 18.7 Å². The Bertz CT molecular complexity index is 243. The molecule has 14 heavy (non-hydrogen) atoms. The average Bonchev–Trinajstić information content (AvgIpc) is 2.10. The summed E-state index contributed by atoms with van der Waals surface area (Å²) < 4.78 is 5.04. The Morgan fingerprint density at radius 2 is 2.29 bits per heavy atom. The second kappa shape index (κ2) is 5.12. The molecule has 1 aliphatic rings. The molecule has 1 amide bonds. The molecule has 1 heterocycles. The van der Waals surface area contributed by atoms with Crippen LogP contribution in [0.1, 0.15) is 13.8 Å². The number of hydrogen-bond acceptors (Lipinski definition) is 3. The number of ether oxygens (including phenoxy) is 1. The van der Waals surface area contributed by atoms with Crippen LogP contribution in [0, 0.1) is 0 Å². The highest BCUT2D eigenvalue weighted by Gasteiger charge is 2.15. The second-order valence-electron chi connectivity index (χ2n) is 3.59. The molecule has 1 saturated heterocycles. The number of amides is 1. The van der Waals surface area contributed by atoms with Crippen molar-refractivity contribution in [1.82, 2.24) is 10.6 Å². The summed E-state index contributed by atoms with van der Waals surface area (Å²) in [5, 5.41) is 5.94.